The minimum absolute atomic E-state index is 0.00697. The molecule has 0 unspecified atom stereocenters. The van der Waals surface area contributed by atoms with E-state index in [1.54, 1.807) is 11.3 Å². The Morgan fingerprint density at radius 3 is 2.96 bits per heavy atom. The number of nitrogens with zero attached hydrogens (tertiary/aromatic N) is 1. The summed E-state index contributed by atoms with van der Waals surface area (Å²) in [7, 11) is 0. The first-order valence-electron chi connectivity index (χ1n) is 8.66. The highest BCUT2D eigenvalue weighted by atomic mass is 32.2. The van der Waals surface area contributed by atoms with Crippen molar-refractivity contribution >= 4 is 29.0 Å². The highest BCUT2D eigenvalue weighted by molar-refractivity contribution is 7.99. The van der Waals surface area contributed by atoms with Gasteiger partial charge in [-0.25, -0.2) is 4.98 Å². The minimum atomic E-state index is -0.00697. The first-order valence-corrected chi connectivity index (χ1v) is 10.7. The van der Waals surface area contributed by atoms with Gasteiger partial charge in [0.15, 0.2) is 0 Å². The number of benzene rings is 1. The van der Waals surface area contributed by atoms with E-state index in [4.69, 9.17) is 9.15 Å². The van der Waals surface area contributed by atoms with Crippen LogP contribution in [0, 0.1) is 13.8 Å². The van der Waals surface area contributed by atoms with Gasteiger partial charge in [-0.1, -0.05) is 18.2 Å². The van der Waals surface area contributed by atoms with Crippen LogP contribution in [0.15, 0.2) is 46.2 Å². The summed E-state index contributed by atoms with van der Waals surface area (Å²) >= 11 is 3.12. The van der Waals surface area contributed by atoms with Crippen LogP contribution in [0.4, 0.5) is 0 Å². The minimum Gasteiger partial charge on any atom is -0.492 e. The second-order valence-corrected chi connectivity index (χ2v) is 7.94. The Labute approximate surface area is 167 Å². The maximum absolute atomic E-state index is 11.9. The van der Waals surface area contributed by atoms with E-state index in [0.29, 0.717) is 30.5 Å². The van der Waals surface area contributed by atoms with Crippen LogP contribution in [0.25, 0.3) is 10.8 Å². The number of ether oxygens (including phenoxy) is 1. The number of thioether (sulfide) groups is 1. The first kappa shape index (κ1) is 19.5. The van der Waals surface area contributed by atoms with Crippen LogP contribution in [0.5, 0.6) is 5.75 Å². The molecule has 2 aromatic heterocycles. The van der Waals surface area contributed by atoms with Crippen LogP contribution in [0.1, 0.15) is 17.0 Å². The number of aromatic nitrogens is 1. The van der Waals surface area contributed by atoms with Gasteiger partial charge in [0.05, 0.1) is 22.9 Å². The molecule has 0 radical (unpaired) electrons. The molecule has 0 bridgehead atoms. The molecule has 0 spiro atoms. The van der Waals surface area contributed by atoms with E-state index in [1.165, 1.54) is 11.8 Å². The summed E-state index contributed by atoms with van der Waals surface area (Å²) in [5.74, 6) is 3.29. The van der Waals surface area contributed by atoms with Crippen molar-refractivity contribution in [1.82, 2.24) is 10.3 Å². The van der Waals surface area contributed by atoms with Crippen molar-refractivity contribution in [1.29, 1.82) is 0 Å². The number of amides is 1. The standard InChI is InChI=1S/C20H22N2O3S2/c1-14-5-3-6-16(11-14)24-9-8-21-19(23)13-26-12-17-15(2)25-20(22-17)18-7-4-10-27-18/h3-7,10-11H,8-9,12-13H2,1-2H3,(H,21,23). The number of oxazole rings is 1. The Morgan fingerprint density at radius 1 is 1.30 bits per heavy atom. The lowest BCUT2D eigenvalue weighted by Gasteiger charge is -2.08. The van der Waals surface area contributed by atoms with Crippen LogP contribution in [-0.4, -0.2) is 29.8 Å². The number of aryl methyl sites for hydroxylation is 2. The van der Waals surface area contributed by atoms with Crippen LogP contribution >= 0.6 is 23.1 Å². The van der Waals surface area contributed by atoms with E-state index < -0.39 is 0 Å². The molecule has 142 valence electrons. The topological polar surface area (TPSA) is 64.4 Å². The molecule has 2 heterocycles. The number of hydrogen-bond donors (Lipinski definition) is 1. The molecular formula is C20H22N2O3S2. The highest BCUT2D eigenvalue weighted by Gasteiger charge is 2.12. The van der Waals surface area contributed by atoms with Crippen molar-refractivity contribution < 1.29 is 13.9 Å². The smallest absolute Gasteiger partial charge is 0.236 e. The maximum Gasteiger partial charge on any atom is 0.236 e. The molecule has 3 aromatic rings. The molecule has 0 aliphatic heterocycles. The molecular weight excluding hydrogens is 380 g/mol. The van der Waals surface area contributed by atoms with Crippen LogP contribution in [0.3, 0.4) is 0 Å². The lowest BCUT2D eigenvalue weighted by atomic mass is 10.2. The van der Waals surface area contributed by atoms with E-state index in [2.05, 4.69) is 10.3 Å². The average molecular weight is 403 g/mol. The van der Waals surface area contributed by atoms with E-state index in [0.717, 1.165) is 27.6 Å². The zero-order chi connectivity index (χ0) is 19.1. The lowest BCUT2D eigenvalue weighted by molar-refractivity contribution is -0.118. The Morgan fingerprint density at radius 2 is 2.19 bits per heavy atom. The summed E-state index contributed by atoms with van der Waals surface area (Å²) in [6.45, 7) is 4.86. The second-order valence-electron chi connectivity index (χ2n) is 6.01. The molecule has 0 fully saturated rings. The molecule has 3 rings (SSSR count). The molecule has 1 amide bonds. The average Bonchev–Trinajstić information content (AvgIpc) is 3.29. The molecule has 1 N–H and O–H groups in total. The molecule has 0 saturated heterocycles. The van der Waals surface area contributed by atoms with Crippen LogP contribution in [0.2, 0.25) is 0 Å². The normalized spacial score (nSPS) is 10.7. The third kappa shape index (κ3) is 5.87. The Balaban J connectivity index is 1.35. The van der Waals surface area contributed by atoms with Gasteiger partial charge in [-0.2, -0.15) is 0 Å². The maximum atomic E-state index is 11.9. The van der Waals surface area contributed by atoms with E-state index >= 15 is 0 Å². The molecule has 1 aromatic carbocycles. The van der Waals surface area contributed by atoms with Crippen molar-refractivity contribution in [2.24, 2.45) is 0 Å². The highest BCUT2D eigenvalue weighted by Crippen LogP contribution is 2.27. The van der Waals surface area contributed by atoms with Gasteiger partial charge < -0.3 is 14.5 Å². The monoisotopic (exact) mass is 402 g/mol. The largest absolute Gasteiger partial charge is 0.492 e. The van der Waals surface area contributed by atoms with Crippen molar-refractivity contribution in [2.45, 2.75) is 19.6 Å². The molecule has 5 nitrogen and oxygen atoms in total. The Hall–Kier alpha value is -2.25. The molecule has 0 atom stereocenters. The number of hydrogen-bond acceptors (Lipinski definition) is 6. The van der Waals surface area contributed by atoms with Gasteiger partial charge >= 0.3 is 0 Å². The summed E-state index contributed by atoms with van der Waals surface area (Å²) in [6.07, 6.45) is 0. The third-order valence-electron chi connectivity index (χ3n) is 3.78. The number of thiophene rings is 1. The number of carbonyl (C=O) groups is 1. The fourth-order valence-corrected chi connectivity index (χ4v) is 3.92. The summed E-state index contributed by atoms with van der Waals surface area (Å²) in [5, 5.41) is 4.87. The fourth-order valence-electron chi connectivity index (χ4n) is 2.42. The van der Waals surface area contributed by atoms with Gasteiger partial charge in [-0.15, -0.1) is 23.1 Å². The van der Waals surface area contributed by atoms with Crippen molar-refractivity contribution in [3.05, 3.63) is 58.8 Å². The SMILES string of the molecule is Cc1cccc(OCCNC(=O)CSCc2nc(-c3cccs3)oc2C)c1. The predicted octanol–water partition coefficient (Wildman–Crippen LogP) is 4.45. The van der Waals surface area contributed by atoms with Crippen LogP contribution < -0.4 is 10.1 Å². The lowest BCUT2D eigenvalue weighted by Crippen LogP contribution is -2.29. The molecule has 0 aliphatic rings. The van der Waals surface area contributed by atoms with Crippen molar-refractivity contribution in [3.63, 3.8) is 0 Å². The quantitative estimate of drug-likeness (QED) is 0.536. The third-order valence-corrected chi connectivity index (χ3v) is 5.58. The van der Waals surface area contributed by atoms with Crippen LogP contribution in [-0.2, 0) is 10.5 Å². The van der Waals surface area contributed by atoms with Gasteiger partial charge in [0, 0.05) is 5.75 Å². The number of rotatable bonds is 9. The molecule has 0 saturated carbocycles. The van der Waals surface area contributed by atoms with Crippen molar-refractivity contribution in [3.8, 4) is 16.5 Å². The van der Waals surface area contributed by atoms with E-state index in [1.807, 2.05) is 55.6 Å². The molecule has 0 aliphatic carbocycles. The van der Waals surface area contributed by atoms with Crippen molar-refractivity contribution in [2.75, 3.05) is 18.9 Å². The van der Waals surface area contributed by atoms with Gasteiger partial charge in [0.25, 0.3) is 0 Å². The fraction of sp³-hybridized carbons (Fsp3) is 0.300. The zero-order valence-corrected chi connectivity index (χ0v) is 17.0. The van der Waals surface area contributed by atoms with E-state index in [9.17, 15) is 4.79 Å². The summed E-state index contributed by atoms with van der Waals surface area (Å²) in [4.78, 5) is 17.5. The van der Waals surface area contributed by atoms with Gasteiger partial charge in [0.1, 0.15) is 18.1 Å². The van der Waals surface area contributed by atoms with E-state index in [-0.39, 0.29) is 5.91 Å². The van der Waals surface area contributed by atoms with Gasteiger partial charge in [0.2, 0.25) is 11.8 Å². The predicted molar refractivity (Wildman–Crippen MR) is 110 cm³/mol. The first-order chi connectivity index (χ1) is 13.1. The number of carbonyl (C=O) groups excluding carboxylic acids is 1. The Bertz CT molecular complexity index is 875. The van der Waals surface area contributed by atoms with Gasteiger partial charge in [-0.05, 0) is 43.0 Å². The number of nitrogens with one attached hydrogen (secondary N) is 1. The molecule has 27 heavy (non-hydrogen) atoms. The second kappa shape index (κ2) is 9.62. The summed E-state index contributed by atoms with van der Waals surface area (Å²) in [5.41, 5.74) is 2.04. The molecule has 7 heteroatoms. The summed E-state index contributed by atoms with van der Waals surface area (Å²) in [6, 6.07) is 11.8. The summed E-state index contributed by atoms with van der Waals surface area (Å²) < 4.78 is 11.3. The van der Waals surface area contributed by atoms with Gasteiger partial charge in [-0.3, -0.25) is 4.79 Å². The zero-order valence-electron chi connectivity index (χ0n) is 15.4. The Kier molecular flexibility index (Phi) is 6.95.